The summed E-state index contributed by atoms with van der Waals surface area (Å²) >= 11 is 0. The van der Waals surface area contributed by atoms with Crippen LogP contribution in [0.25, 0.3) is 0 Å². The number of carbonyl (C=O) groups excluding carboxylic acids is 3. The zero-order chi connectivity index (χ0) is 38.4. The van der Waals surface area contributed by atoms with Crippen molar-refractivity contribution in [3.8, 4) is 23.0 Å². The summed E-state index contributed by atoms with van der Waals surface area (Å²) in [5.74, 6) is 1.53. The molecule has 0 radical (unpaired) electrons. The molecule has 1 heterocycles. The van der Waals surface area contributed by atoms with Gasteiger partial charge < -0.3 is 44.2 Å². The number of amides is 1. The van der Waals surface area contributed by atoms with Gasteiger partial charge in [-0.3, -0.25) is 9.59 Å². The highest BCUT2D eigenvalue weighted by Crippen LogP contribution is 2.57. The number of fused-ring (bicyclic) bond motifs is 2. The van der Waals surface area contributed by atoms with Crippen LogP contribution < -0.4 is 30.0 Å². The van der Waals surface area contributed by atoms with Gasteiger partial charge in [-0.05, 0) is 97.1 Å². The van der Waals surface area contributed by atoms with Gasteiger partial charge >= 0.3 is 18.0 Å². The fourth-order valence-electron chi connectivity index (χ4n) is 9.21. The quantitative estimate of drug-likeness (QED) is 0.118. The van der Waals surface area contributed by atoms with E-state index in [-0.39, 0.29) is 54.0 Å². The minimum Gasteiger partial charge on any atom is -0.493 e. The first kappa shape index (κ1) is 40.0. The molecular formula is C41H58N2O10. The van der Waals surface area contributed by atoms with Crippen molar-refractivity contribution < 1.29 is 47.5 Å². The Balaban J connectivity index is 1.07. The van der Waals surface area contributed by atoms with Crippen molar-refractivity contribution in [2.45, 2.75) is 90.6 Å². The SMILES string of the molecule is CCC1(C)CC2CC(C)(C)CC(NC(=O)OCC(N)C(=O)OCCOc3ccc(C[C@H]4C(=O)OC[C@@H]4Cc4ccc(OC)c(OC)c4)cc3OC)(C2)C1. The number of cyclic esters (lactones) is 1. The molecule has 53 heavy (non-hydrogen) atoms. The molecule has 12 nitrogen and oxygen atoms in total. The number of esters is 2. The van der Waals surface area contributed by atoms with E-state index in [0.717, 1.165) is 43.2 Å². The van der Waals surface area contributed by atoms with Crippen LogP contribution in [-0.2, 0) is 36.6 Å². The molecule has 292 valence electrons. The maximum atomic E-state index is 13.0. The van der Waals surface area contributed by atoms with E-state index in [2.05, 4.69) is 33.0 Å². The molecule has 2 aromatic carbocycles. The second kappa shape index (κ2) is 16.9. The molecule has 1 saturated heterocycles. The van der Waals surface area contributed by atoms with Crippen LogP contribution in [0, 0.1) is 28.6 Å². The second-order valence-electron chi connectivity index (χ2n) is 16.4. The third-order valence-electron chi connectivity index (χ3n) is 11.3. The molecule has 2 aromatic rings. The first-order valence-corrected chi connectivity index (χ1v) is 18.7. The first-order chi connectivity index (χ1) is 25.2. The number of hydrogen-bond donors (Lipinski definition) is 2. The van der Waals surface area contributed by atoms with Crippen LogP contribution in [0.3, 0.4) is 0 Å². The molecule has 0 spiro atoms. The van der Waals surface area contributed by atoms with E-state index in [1.807, 2.05) is 30.3 Å². The summed E-state index contributed by atoms with van der Waals surface area (Å²) < 4.78 is 38.5. The number of alkyl carbamates (subject to hydrolysis) is 1. The normalized spacial score (nSPS) is 26.5. The number of benzene rings is 2. The molecule has 0 aromatic heterocycles. The van der Waals surface area contributed by atoms with Crippen molar-refractivity contribution in [1.82, 2.24) is 5.32 Å². The van der Waals surface area contributed by atoms with Crippen LogP contribution in [0.1, 0.15) is 77.3 Å². The summed E-state index contributed by atoms with van der Waals surface area (Å²) in [6, 6.07) is 10.1. The molecule has 2 aliphatic carbocycles. The summed E-state index contributed by atoms with van der Waals surface area (Å²) in [7, 11) is 4.72. The van der Waals surface area contributed by atoms with Gasteiger partial charge in [0.15, 0.2) is 23.0 Å². The second-order valence-corrected chi connectivity index (χ2v) is 16.4. The summed E-state index contributed by atoms with van der Waals surface area (Å²) in [5.41, 5.74) is 7.92. The van der Waals surface area contributed by atoms with Crippen molar-refractivity contribution in [2.75, 3.05) is 47.8 Å². The maximum Gasteiger partial charge on any atom is 0.407 e. The van der Waals surface area contributed by atoms with Crippen LogP contribution in [0.2, 0.25) is 0 Å². The molecule has 2 saturated carbocycles. The highest BCUT2D eigenvalue weighted by molar-refractivity contribution is 5.76. The minimum atomic E-state index is -1.13. The molecule has 6 atom stereocenters. The fraction of sp³-hybridized carbons (Fsp3) is 0.634. The number of rotatable bonds is 16. The van der Waals surface area contributed by atoms with Crippen molar-refractivity contribution in [2.24, 2.45) is 34.3 Å². The average Bonchev–Trinajstić information content (AvgIpc) is 3.45. The predicted octanol–water partition coefficient (Wildman–Crippen LogP) is 6.04. The third-order valence-corrected chi connectivity index (χ3v) is 11.3. The topological polar surface area (TPSA) is 154 Å². The van der Waals surface area contributed by atoms with E-state index in [1.165, 1.54) is 13.5 Å². The van der Waals surface area contributed by atoms with E-state index >= 15 is 0 Å². The lowest BCUT2D eigenvalue weighted by Gasteiger charge is -2.57. The van der Waals surface area contributed by atoms with Gasteiger partial charge in [0.05, 0.1) is 33.9 Å². The highest BCUT2D eigenvalue weighted by Gasteiger charge is 2.53. The van der Waals surface area contributed by atoms with Crippen LogP contribution in [0.5, 0.6) is 23.0 Å². The molecule has 3 N–H and O–H groups in total. The van der Waals surface area contributed by atoms with Crippen LogP contribution >= 0.6 is 0 Å². The molecule has 5 rings (SSSR count). The molecule has 3 aliphatic rings. The number of methoxy groups -OCH3 is 3. The molecule has 1 aliphatic heterocycles. The zero-order valence-electron chi connectivity index (χ0n) is 32.4. The Kier molecular flexibility index (Phi) is 12.7. The van der Waals surface area contributed by atoms with Crippen LogP contribution in [0.4, 0.5) is 4.79 Å². The Labute approximate surface area is 313 Å². The standard InChI is InChI=1S/C41H58N2O10/c1-8-40(4)20-28-19-39(2,3)24-41(21-28,25-40)43-38(46)53-23-31(42)37(45)51-14-13-50-33-12-10-27(18-35(33)49-7)16-30-29(22-52-36(30)44)15-26-9-11-32(47-5)34(17-26)48-6/h9-12,17-18,28-31H,8,13-16,19-25,42H2,1-7H3,(H,43,46)/t28?,29-,30+,31?,40?,41?/m0/s1. The fourth-order valence-corrected chi connectivity index (χ4v) is 9.21. The number of hydrogen-bond acceptors (Lipinski definition) is 11. The van der Waals surface area contributed by atoms with E-state index < -0.39 is 18.1 Å². The van der Waals surface area contributed by atoms with Crippen molar-refractivity contribution in [1.29, 1.82) is 0 Å². The van der Waals surface area contributed by atoms with E-state index in [1.54, 1.807) is 20.3 Å². The van der Waals surface area contributed by atoms with E-state index in [0.29, 0.717) is 48.4 Å². The van der Waals surface area contributed by atoms with Gasteiger partial charge in [0.1, 0.15) is 25.9 Å². The summed E-state index contributed by atoms with van der Waals surface area (Å²) in [6.07, 6.45) is 6.69. The highest BCUT2D eigenvalue weighted by atomic mass is 16.6. The monoisotopic (exact) mass is 738 g/mol. The van der Waals surface area contributed by atoms with Gasteiger partial charge in [-0.15, -0.1) is 0 Å². The Morgan fingerprint density at radius 1 is 0.868 bits per heavy atom. The van der Waals surface area contributed by atoms with Gasteiger partial charge in [0, 0.05) is 11.5 Å². The first-order valence-electron chi connectivity index (χ1n) is 18.7. The van der Waals surface area contributed by atoms with Gasteiger partial charge in [-0.25, -0.2) is 4.79 Å². The summed E-state index contributed by atoms with van der Waals surface area (Å²) in [5, 5.41) is 3.20. The van der Waals surface area contributed by atoms with Crippen LogP contribution in [-0.4, -0.2) is 77.4 Å². The van der Waals surface area contributed by atoms with E-state index in [9.17, 15) is 14.4 Å². The average molecular weight is 739 g/mol. The van der Waals surface area contributed by atoms with Crippen molar-refractivity contribution in [3.05, 3.63) is 47.5 Å². The lowest BCUT2D eigenvalue weighted by molar-refractivity contribution is -0.147. The lowest BCUT2D eigenvalue weighted by atomic mass is 9.52. The van der Waals surface area contributed by atoms with Gasteiger partial charge in [-0.1, -0.05) is 46.2 Å². The van der Waals surface area contributed by atoms with Crippen molar-refractivity contribution in [3.63, 3.8) is 0 Å². The Hall–Kier alpha value is -4.19. The third kappa shape index (κ3) is 10.1. The molecular weight excluding hydrogens is 680 g/mol. The van der Waals surface area contributed by atoms with Crippen LogP contribution in [0.15, 0.2) is 36.4 Å². The Morgan fingerprint density at radius 3 is 2.21 bits per heavy atom. The molecule has 2 bridgehead atoms. The largest absolute Gasteiger partial charge is 0.493 e. The number of ether oxygens (including phenoxy) is 7. The molecule has 3 fully saturated rings. The number of nitrogens with two attached hydrogens (primary N) is 1. The molecule has 12 heteroatoms. The van der Waals surface area contributed by atoms with Gasteiger partial charge in [-0.2, -0.15) is 0 Å². The maximum absolute atomic E-state index is 13.0. The molecule has 1 amide bonds. The Bertz CT molecular complexity index is 1610. The van der Waals surface area contributed by atoms with Gasteiger partial charge in [0.2, 0.25) is 0 Å². The summed E-state index contributed by atoms with van der Waals surface area (Å²) in [4.78, 5) is 38.3. The van der Waals surface area contributed by atoms with Crippen molar-refractivity contribution >= 4 is 18.0 Å². The zero-order valence-corrected chi connectivity index (χ0v) is 32.4. The minimum absolute atomic E-state index is 0.0100. The lowest BCUT2D eigenvalue weighted by Crippen LogP contribution is -2.60. The number of carbonyl (C=O) groups is 3. The smallest absolute Gasteiger partial charge is 0.407 e. The van der Waals surface area contributed by atoms with Gasteiger partial charge in [0.25, 0.3) is 0 Å². The Morgan fingerprint density at radius 2 is 1.53 bits per heavy atom. The molecule has 4 unspecified atom stereocenters. The van der Waals surface area contributed by atoms with E-state index in [4.69, 9.17) is 38.9 Å². The predicted molar refractivity (Wildman–Crippen MR) is 198 cm³/mol. The number of nitrogens with one attached hydrogen (secondary N) is 1. The summed E-state index contributed by atoms with van der Waals surface area (Å²) in [6.45, 7) is 9.11.